The van der Waals surface area contributed by atoms with Crippen molar-refractivity contribution in [2.75, 3.05) is 27.2 Å². The molecule has 0 spiro atoms. The standard InChI is InChI=1S/C12H24N2O/c1-13(2)11-4-3-7-14(9-11)10-5-6-12(15)8-10/h10-12,15H,3-9H2,1-2H3. The van der Waals surface area contributed by atoms with Crippen LogP contribution in [-0.4, -0.2) is 60.3 Å². The van der Waals surface area contributed by atoms with Gasteiger partial charge >= 0.3 is 0 Å². The van der Waals surface area contributed by atoms with Gasteiger partial charge in [-0.15, -0.1) is 0 Å². The molecule has 1 aliphatic carbocycles. The fraction of sp³-hybridized carbons (Fsp3) is 1.00. The molecule has 3 heteroatoms. The monoisotopic (exact) mass is 212 g/mol. The van der Waals surface area contributed by atoms with E-state index < -0.39 is 0 Å². The van der Waals surface area contributed by atoms with Crippen molar-refractivity contribution in [2.45, 2.75) is 50.3 Å². The number of aliphatic hydroxyl groups is 1. The van der Waals surface area contributed by atoms with Crippen LogP contribution >= 0.6 is 0 Å². The Bertz CT molecular complexity index is 208. The van der Waals surface area contributed by atoms with Crippen molar-refractivity contribution in [1.29, 1.82) is 0 Å². The third-order valence-corrected chi connectivity index (χ3v) is 4.05. The SMILES string of the molecule is CN(C)C1CCCN(C2CCC(O)C2)C1. The second-order valence-electron chi connectivity index (χ2n) is 5.38. The third kappa shape index (κ3) is 2.71. The molecule has 1 N–H and O–H groups in total. The highest BCUT2D eigenvalue weighted by atomic mass is 16.3. The molecule has 3 atom stereocenters. The minimum Gasteiger partial charge on any atom is -0.393 e. The number of hydrogen-bond donors (Lipinski definition) is 1. The Labute approximate surface area is 93.1 Å². The normalized spacial score (nSPS) is 38.8. The molecule has 15 heavy (non-hydrogen) atoms. The zero-order valence-corrected chi connectivity index (χ0v) is 10.0. The second-order valence-corrected chi connectivity index (χ2v) is 5.38. The van der Waals surface area contributed by atoms with E-state index in [1.54, 1.807) is 0 Å². The van der Waals surface area contributed by atoms with E-state index in [-0.39, 0.29) is 6.10 Å². The van der Waals surface area contributed by atoms with E-state index in [0.717, 1.165) is 18.9 Å². The summed E-state index contributed by atoms with van der Waals surface area (Å²) in [5, 5.41) is 9.57. The first-order valence-electron chi connectivity index (χ1n) is 6.25. The van der Waals surface area contributed by atoms with E-state index in [1.807, 2.05) is 0 Å². The van der Waals surface area contributed by atoms with Crippen molar-refractivity contribution in [3.63, 3.8) is 0 Å². The van der Waals surface area contributed by atoms with Crippen molar-refractivity contribution >= 4 is 0 Å². The summed E-state index contributed by atoms with van der Waals surface area (Å²) < 4.78 is 0. The fourth-order valence-corrected chi connectivity index (χ4v) is 3.00. The molecule has 0 bridgehead atoms. The number of hydrogen-bond acceptors (Lipinski definition) is 3. The van der Waals surface area contributed by atoms with Gasteiger partial charge in [-0.05, 0) is 52.7 Å². The van der Waals surface area contributed by atoms with Crippen LogP contribution in [0, 0.1) is 0 Å². The Morgan fingerprint density at radius 2 is 2.00 bits per heavy atom. The zero-order chi connectivity index (χ0) is 10.8. The fourth-order valence-electron chi connectivity index (χ4n) is 3.00. The van der Waals surface area contributed by atoms with Crippen LogP contribution in [0.25, 0.3) is 0 Å². The largest absolute Gasteiger partial charge is 0.393 e. The Morgan fingerprint density at radius 3 is 2.60 bits per heavy atom. The first-order chi connectivity index (χ1) is 7.16. The first kappa shape index (κ1) is 11.4. The number of likely N-dealkylation sites (N-methyl/N-ethyl adjacent to an activating group) is 1. The van der Waals surface area contributed by atoms with Crippen LogP contribution in [0.15, 0.2) is 0 Å². The molecule has 0 amide bonds. The lowest BCUT2D eigenvalue weighted by atomic mass is 10.0. The highest BCUT2D eigenvalue weighted by Gasteiger charge is 2.31. The maximum atomic E-state index is 9.57. The van der Waals surface area contributed by atoms with Crippen molar-refractivity contribution in [1.82, 2.24) is 9.80 Å². The van der Waals surface area contributed by atoms with E-state index in [2.05, 4.69) is 23.9 Å². The highest BCUT2D eigenvalue weighted by molar-refractivity contribution is 4.87. The van der Waals surface area contributed by atoms with E-state index in [4.69, 9.17) is 0 Å². The summed E-state index contributed by atoms with van der Waals surface area (Å²) in [5.74, 6) is 0. The van der Waals surface area contributed by atoms with Crippen LogP contribution in [0.4, 0.5) is 0 Å². The highest BCUT2D eigenvalue weighted by Crippen LogP contribution is 2.27. The van der Waals surface area contributed by atoms with Gasteiger partial charge in [0.2, 0.25) is 0 Å². The van der Waals surface area contributed by atoms with Gasteiger partial charge in [0.05, 0.1) is 6.10 Å². The van der Waals surface area contributed by atoms with Crippen molar-refractivity contribution in [2.24, 2.45) is 0 Å². The Balaban J connectivity index is 1.87. The maximum absolute atomic E-state index is 9.57. The van der Waals surface area contributed by atoms with Gasteiger partial charge < -0.3 is 10.0 Å². The molecule has 1 saturated heterocycles. The molecule has 0 aromatic carbocycles. The van der Waals surface area contributed by atoms with E-state index in [1.165, 1.54) is 32.4 Å². The molecule has 2 fully saturated rings. The lowest BCUT2D eigenvalue weighted by molar-refractivity contribution is 0.0887. The van der Waals surface area contributed by atoms with Crippen LogP contribution in [0.1, 0.15) is 32.1 Å². The maximum Gasteiger partial charge on any atom is 0.0555 e. The zero-order valence-electron chi connectivity index (χ0n) is 10.0. The topological polar surface area (TPSA) is 26.7 Å². The molecular formula is C12H24N2O. The number of nitrogens with zero attached hydrogens (tertiary/aromatic N) is 2. The molecule has 3 unspecified atom stereocenters. The van der Waals surface area contributed by atoms with Gasteiger partial charge in [0.25, 0.3) is 0 Å². The molecule has 0 aromatic rings. The number of aliphatic hydroxyl groups excluding tert-OH is 1. The van der Waals surface area contributed by atoms with Gasteiger partial charge in [-0.25, -0.2) is 0 Å². The first-order valence-corrected chi connectivity index (χ1v) is 6.25. The molecule has 3 nitrogen and oxygen atoms in total. The minimum absolute atomic E-state index is 0.0327. The molecule has 2 aliphatic rings. The van der Waals surface area contributed by atoms with E-state index >= 15 is 0 Å². The molecule has 88 valence electrons. The summed E-state index contributed by atoms with van der Waals surface area (Å²) in [5.41, 5.74) is 0. The molecule has 1 heterocycles. The van der Waals surface area contributed by atoms with Crippen LogP contribution in [-0.2, 0) is 0 Å². The Hall–Kier alpha value is -0.120. The van der Waals surface area contributed by atoms with Gasteiger partial charge in [-0.3, -0.25) is 4.90 Å². The average Bonchev–Trinajstić information content (AvgIpc) is 2.65. The average molecular weight is 212 g/mol. The molecule has 0 radical (unpaired) electrons. The van der Waals surface area contributed by atoms with Crippen LogP contribution in [0.2, 0.25) is 0 Å². The Kier molecular flexibility index (Phi) is 3.65. The van der Waals surface area contributed by atoms with Crippen molar-refractivity contribution < 1.29 is 5.11 Å². The van der Waals surface area contributed by atoms with Gasteiger partial charge in [0.15, 0.2) is 0 Å². The summed E-state index contributed by atoms with van der Waals surface area (Å²) >= 11 is 0. The quantitative estimate of drug-likeness (QED) is 0.737. The summed E-state index contributed by atoms with van der Waals surface area (Å²) in [7, 11) is 4.36. The van der Waals surface area contributed by atoms with E-state index in [9.17, 15) is 5.11 Å². The van der Waals surface area contributed by atoms with Gasteiger partial charge in [0.1, 0.15) is 0 Å². The number of likely N-dealkylation sites (tertiary alicyclic amines) is 1. The van der Waals surface area contributed by atoms with Crippen LogP contribution in [0.3, 0.4) is 0 Å². The lowest BCUT2D eigenvalue weighted by Gasteiger charge is -2.39. The number of rotatable bonds is 2. The molecule has 1 aliphatic heterocycles. The predicted octanol–water partition coefficient (Wildman–Crippen LogP) is 0.926. The minimum atomic E-state index is -0.0327. The van der Waals surface area contributed by atoms with Crippen molar-refractivity contribution in [3.8, 4) is 0 Å². The second kappa shape index (κ2) is 4.81. The summed E-state index contributed by atoms with van der Waals surface area (Å²) in [6.07, 6.45) is 5.82. The van der Waals surface area contributed by atoms with Gasteiger partial charge in [0, 0.05) is 18.6 Å². The summed E-state index contributed by atoms with van der Waals surface area (Å²) in [4.78, 5) is 4.95. The number of piperidine rings is 1. The summed E-state index contributed by atoms with van der Waals surface area (Å²) in [6, 6.07) is 1.37. The molecule has 1 saturated carbocycles. The lowest BCUT2D eigenvalue weighted by Crippen LogP contribution is -2.48. The Morgan fingerprint density at radius 1 is 1.20 bits per heavy atom. The van der Waals surface area contributed by atoms with Crippen LogP contribution < -0.4 is 0 Å². The molecular weight excluding hydrogens is 188 g/mol. The third-order valence-electron chi connectivity index (χ3n) is 4.05. The van der Waals surface area contributed by atoms with Gasteiger partial charge in [-0.2, -0.15) is 0 Å². The predicted molar refractivity (Wildman–Crippen MR) is 61.9 cm³/mol. The molecule has 0 aromatic heterocycles. The summed E-state index contributed by atoms with van der Waals surface area (Å²) in [6.45, 7) is 2.44. The van der Waals surface area contributed by atoms with Crippen molar-refractivity contribution in [3.05, 3.63) is 0 Å². The van der Waals surface area contributed by atoms with Crippen LogP contribution in [0.5, 0.6) is 0 Å². The smallest absolute Gasteiger partial charge is 0.0555 e. The van der Waals surface area contributed by atoms with Gasteiger partial charge in [-0.1, -0.05) is 0 Å². The van der Waals surface area contributed by atoms with E-state index in [0.29, 0.717) is 6.04 Å². The molecule has 2 rings (SSSR count).